The number of alkyl halides is 2. The first-order valence-corrected chi connectivity index (χ1v) is 7.00. The number of carboxylic acid groups (broad SMARTS) is 1. The van der Waals surface area contributed by atoms with E-state index in [0.717, 1.165) is 38.5 Å². The lowest BCUT2D eigenvalue weighted by Gasteiger charge is -2.04. The van der Waals surface area contributed by atoms with Gasteiger partial charge in [0, 0.05) is 11.2 Å². The molecule has 2 nitrogen and oxygen atoms in total. The monoisotopic (exact) mass is 296 g/mol. The van der Waals surface area contributed by atoms with Gasteiger partial charge in [0.1, 0.15) is 6.67 Å². The Morgan fingerprint density at radius 1 is 1.06 bits per heavy atom. The van der Waals surface area contributed by atoms with Crippen LogP contribution in [-0.4, -0.2) is 22.6 Å². The molecule has 0 aromatic carbocycles. The molecule has 4 heteroatoms. The van der Waals surface area contributed by atoms with E-state index in [4.69, 9.17) is 5.11 Å². The third kappa shape index (κ3) is 12.0. The zero-order valence-corrected chi connectivity index (χ0v) is 11.3. The third-order valence-corrected chi connectivity index (χ3v) is 3.28. The predicted molar refractivity (Wildman–Crippen MR) is 67.9 cm³/mol. The van der Waals surface area contributed by atoms with Crippen molar-refractivity contribution >= 4 is 21.9 Å². The molecule has 0 fully saturated rings. The molecule has 0 heterocycles. The molecular weight excluding hydrogens is 275 g/mol. The minimum Gasteiger partial charge on any atom is -0.481 e. The average Bonchev–Trinajstić information content (AvgIpc) is 2.26. The maximum absolute atomic E-state index is 12.1. The fourth-order valence-corrected chi connectivity index (χ4v) is 1.93. The van der Waals surface area contributed by atoms with Gasteiger partial charge in [-0.2, -0.15) is 0 Å². The van der Waals surface area contributed by atoms with Crippen molar-refractivity contribution in [1.29, 1.82) is 0 Å². The van der Waals surface area contributed by atoms with Crippen LogP contribution < -0.4 is 0 Å². The highest BCUT2D eigenvalue weighted by molar-refractivity contribution is 9.09. The van der Waals surface area contributed by atoms with Gasteiger partial charge in [0.05, 0.1) is 0 Å². The highest BCUT2D eigenvalue weighted by atomic mass is 79.9. The SMILES string of the molecule is O=C(O)CCCCCCCCCC(Br)CF. The van der Waals surface area contributed by atoms with Crippen molar-refractivity contribution in [3.63, 3.8) is 0 Å². The van der Waals surface area contributed by atoms with E-state index in [1.54, 1.807) is 0 Å². The Morgan fingerprint density at radius 3 is 2.06 bits per heavy atom. The maximum Gasteiger partial charge on any atom is 0.303 e. The summed E-state index contributed by atoms with van der Waals surface area (Å²) in [7, 11) is 0. The van der Waals surface area contributed by atoms with Crippen molar-refractivity contribution in [2.45, 2.75) is 62.6 Å². The van der Waals surface area contributed by atoms with Gasteiger partial charge in [0.25, 0.3) is 0 Å². The quantitative estimate of drug-likeness (QED) is 0.455. The Bertz CT molecular complexity index is 176. The van der Waals surface area contributed by atoms with Crippen molar-refractivity contribution in [2.24, 2.45) is 0 Å². The normalized spacial score (nSPS) is 12.6. The molecule has 0 spiro atoms. The summed E-state index contributed by atoms with van der Waals surface area (Å²) in [6.07, 6.45) is 8.71. The number of carbonyl (C=O) groups is 1. The molecule has 0 rings (SSSR count). The van der Waals surface area contributed by atoms with Crippen molar-refractivity contribution < 1.29 is 14.3 Å². The van der Waals surface area contributed by atoms with Crippen LogP contribution >= 0.6 is 15.9 Å². The topological polar surface area (TPSA) is 37.3 Å². The summed E-state index contributed by atoms with van der Waals surface area (Å²) in [5.74, 6) is -0.699. The van der Waals surface area contributed by atoms with Gasteiger partial charge in [-0.25, -0.2) is 4.39 Å². The smallest absolute Gasteiger partial charge is 0.303 e. The maximum atomic E-state index is 12.1. The summed E-state index contributed by atoms with van der Waals surface area (Å²) in [5.41, 5.74) is 0. The average molecular weight is 297 g/mol. The minimum absolute atomic E-state index is 0.0306. The molecule has 0 amide bonds. The van der Waals surface area contributed by atoms with Gasteiger partial charge in [-0.3, -0.25) is 4.79 Å². The van der Waals surface area contributed by atoms with E-state index < -0.39 is 5.97 Å². The van der Waals surface area contributed by atoms with E-state index in [1.807, 2.05) is 0 Å². The van der Waals surface area contributed by atoms with E-state index >= 15 is 0 Å². The predicted octanol–water partition coefficient (Wildman–Crippen LogP) is 4.31. The van der Waals surface area contributed by atoms with Crippen molar-refractivity contribution in [3.8, 4) is 0 Å². The Labute approximate surface area is 106 Å². The summed E-state index contributed by atoms with van der Waals surface area (Å²) < 4.78 is 12.1. The fourth-order valence-electron chi connectivity index (χ4n) is 1.60. The largest absolute Gasteiger partial charge is 0.481 e. The highest BCUT2D eigenvalue weighted by Crippen LogP contribution is 2.14. The molecule has 0 bridgehead atoms. The van der Waals surface area contributed by atoms with Gasteiger partial charge in [0.2, 0.25) is 0 Å². The molecule has 16 heavy (non-hydrogen) atoms. The van der Waals surface area contributed by atoms with Crippen LogP contribution in [-0.2, 0) is 4.79 Å². The molecular formula is C12H22BrFO2. The molecule has 1 atom stereocenters. The van der Waals surface area contributed by atoms with E-state index in [-0.39, 0.29) is 11.5 Å². The summed E-state index contributed by atoms with van der Waals surface area (Å²) in [6, 6.07) is 0. The summed E-state index contributed by atoms with van der Waals surface area (Å²) in [5, 5.41) is 8.43. The van der Waals surface area contributed by atoms with E-state index in [9.17, 15) is 9.18 Å². The number of halogens is 2. The number of unbranched alkanes of at least 4 members (excludes halogenated alkanes) is 6. The van der Waals surface area contributed by atoms with E-state index in [1.165, 1.54) is 12.8 Å². The number of carboxylic acids is 1. The lowest BCUT2D eigenvalue weighted by atomic mass is 10.1. The van der Waals surface area contributed by atoms with Crippen LogP contribution in [0.15, 0.2) is 0 Å². The van der Waals surface area contributed by atoms with Crippen LogP contribution in [0.25, 0.3) is 0 Å². The molecule has 0 aliphatic carbocycles. The zero-order valence-electron chi connectivity index (χ0n) is 9.76. The van der Waals surface area contributed by atoms with Crippen LogP contribution in [0.4, 0.5) is 4.39 Å². The van der Waals surface area contributed by atoms with Gasteiger partial charge in [-0.1, -0.05) is 54.5 Å². The minimum atomic E-state index is -0.699. The Hall–Kier alpha value is -0.120. The zero-order chi connectivity index (χ0) is 12.2. The molecule has 0 aliphatic heterocycles. The van der Waals surface area contributed by atoms with E-state index in [2.05, 4.69) is 15.9 Å². The summed E-state index contributed by atoms with van der Waals surface area (Å²) >= 11 is 3.26. The second-order valence-electron chi connectivity index (χ2n) is 4.16. The van der Waals surface area contributed by atoms with Crippen LogP contribution in [0.2, 0.25) is 0 Å². The van der Waals surface area contributed by atoms with Crippen LogP contribution in [0.1, 0.15) is 57.8 Å². The van der Waals surface area contributed by atoms with Gasteiger partial charge in [0.15, 0.2) is 0 Å². The van der Waals surface area contributed by atoms with E-state index in [0.29, 0.717) is 6.42 Å². The Balaban J connectivity index is 3.01. The molecule has 1 N–H and O–H groups in total. The van der Waals surface area contributed by atoms with Crippen molar-refractivity contribution in [3.05, 3.63) is 0 Å². The van der Waals surface area contributed by atoms with Crippen LogP contribution in [0.3, 0.4) is 0 Å². The molecule has 0 aromatic rings. The van der Waals surface area contributed by atoms with Crippen molar-refractivity contribution in [1.82, 2.24) is 0 Å². The molecule has 0 saturated heterocycles. The third-order valence-electron chi connectivity index (χ3n) is 2.58. The van der Waals surface area contributed by atoms with Crippen molar-refractivity contribution in [2.75, 3.05) is 6.67 Å². The van der Waals surface area contributed by atoms with Gasteiger partial charge >= 0.3 is 5.97 Å². The summed E-state index contributed by atoms with van der Waals surface area (Å²) in [4.78, 5) is 10.3. The number of aliphatic carboxylic acids is 1. The Kier molecular flexibility index (Phi) is 11.3. The number of hydrogen-bond acceptors (Lipinski definition) is 1. The fraction of sp³-hybridized carbons (Fsp3) is 0.917. The lowest BCUT2D eigenvalue weighted by molar-refractivity contribution is -0.137. The molecule has 1 unspecified atom stereocenters. The first-order chi connectivity index (χ1) is 7.66. The highest BCUT2D eigenvalue weighted by Gasteiger charge is 2.02. The molecule has 0 aromatic heterocycles. The molecule has 0 radical (unpaired) electrons. The van der Waals surface area contributed by atoms with Gasteiger partial charge < -0.3 is 5.11 Å². The Morgan fingerprint density at radius 2 is 1.56 bits per heavy atom. The first kappa shape index (κ1) is 15.9. The summed E-state index contributed by atoms with van der Waals surface area (Å²) in [6.45, 7) is -0.283. The second kappa shape index (κ2) is 11.4. The molecule has 0 aliphatic rings. The second-order valence-corrected chi connectivity index (χ2v) is 5.45. The first-order valence-electron chi connectivity index (χ1n) is 6.08. The number of rotatable bonds is 11. The standard InChI is InChI=1S/C12H22BrFO2/c13-11(10-14)8-6-4-2-1-3-5-7-9-12(15)16/h11H,1-10H2,(H,15,16). The van der Waals surface area contributed by atoms with Crippen LogP contribution in [0, 0.1) is 0 Å². The van der Waals surface area contributed by atoms with Crippen LogP contribution in [0.5, 0.6) is 0 Å². The number of hydrogen-bond donors (Lipinski definition) is 1. The van der Waals surface area contributed by atoms with Gasteiger partial charge in [-0.05, 0) is 12.8 Å². The molecule has 96 valence electrons. The lowest BCUT2D eigenvalue weighted by Crippen LogP contribution is -1.99. The molecule has 0 saturated carbocycles. The van der Waals surface area contributed by atoms with Gasteiger partial charge in [-0.15, -0.1) is 0 Å².